The molecular weight excluding hydrogens is 344 g/mol. The minimum absolute atomic E-state index is 0.197. The van der Waals surface area contributed by atoms with Crippen molar-refractivity contribution in [3.8, 4) is 0 Å². The standard InChI is InChI=1S/C17H22N2O5S/c1-17(15(21)22)6-7-19(11-17)16(23)18-13-5-3-4-12(8-13)9-25-10-14(20)24-2/h3-5,8H,6-7,9-11H2,1-2H3,(H,18,23)(H,21,22). The van der Waals surface area contributed by atoms with Gasteiger partial charge in [-0.2, -0.15) is 0 Å². The number of hydrogen-bond donors (Lipinski definition) is 2. The van der Waals surface area contributed by atoms with Crippen LogP contribution < -0.4 is 5.32 Å². The summed E-state index contributed by atoms with van der Waals surface area (Å²) in [6, 6.07) is 7.06. The molecule has 0 aliphatic carbocycles. The number of carbonyl (C=O) groups excluding carboxylic acids is 2. The molecule has 0 aromatic heterocycles. The van der Waals surface area contributed by atoms with Gasteiger partial charge in [-0.05, 0) is 31.0 Å². The lowest BCUT2D eigenvalue weighted by Gasteiger charge is -2.20. The molecule has 136 valence electrons. The number of rotatable bonds is 6. The highest BCUT2D eigenvalue weighted by Crippen LogP contribution is 2.30. The number of methoxy groups -OCH3 is 1. The van der Waals surface area contributed by atoms with Crippen LogP contribution in [0, 0.1) is 5.41 Å². The number of carbonyl (C=O) groups is 3. The van der Waals surface area contributed by atoms with Crippen LogP contribution in [0.3, 0.4) is 0 Å². The zero-order valence-corrected chi connectivity index (χ0v) is 15.1. The van der Waals surface area contributed by atoms with E-state index in [-0.39, 0.29) is 24.3 Å². The molecule has 25 heavy (non-hydrogen) atoms. The van der Waals surface area contributed by atoms with Gasteiger partial charge < -0.3 is 20.1 Å². The predicted molar refractivity (Wildman–Crippen MR) is 95.6 cm³/mol. The number of urea groups is 1. The highest BCUT2D eigenvalue weighted by atomic mass is 32.2. The zero-order valence-electron chi connectivity index (χ0n) is 14.3. The van der Waals surface area contributed by atoms with E-state index in [2.05, 4.69) is 10.1 Å². The van der Waals surface area contributed by atoms with Crippen molar-refractivity contribution in [1.29, 1.82) is 0 Å². The van der Waals surface area contributed by atoms with Crippen LogP contribution in [-0.4, -0.2) is 53.9 Å². The van der Waals surface area contributed by atoms with Crippen LogP contribution in [0.5, 0.6) is 0 Å². The maximum absolute atomic E-state index is 12.3. The molecule has 2 N–H and O–H groups in total. The van der Waals surface area contributed by atoms with Gasteiger partial charge >= 0.3 is 18.0 Å². The summed E-state index contributed by atoms with van der Waals surface area (Å²) in [5.74, 6) is -0.258. The fourth-order valence-corrected chi connectivity index (χ4v) is 3.36. The van der Waals surface area contributed by atoms with E-state index in [1.807, 2.05) is 18.2 Å². The molecule has 2 amide bonds. The van der Waals surface area contributed by atoms with E-state index in [1.54, 1.807) is 13.0 Å². The molecule has 0 saturated carbocycles. The predicted octanol–water partition coefficient (Wildman–Crippen LogP) is 2.42. The summed E-state index contributed by atoms with van der Waals surface area (Å²) < 4.78 is 4.59. The normalized spacial score (nSPS) is 19.5. The molecule has 1 aliphatic rings. The number of ether oxygens (including phenoxy) is 1. The monoisotopic (exact) mass is 366 g/mol. The van der Waals surface area contributed by atoms with Crippen LogP contribution in [0.15, 0.2) is 24.3 Å². The van der Waals surface area contributed by atoms with Crippen LogP contribution >= 0.6 is 11.8 Å². The van der Waals surface area contributed by atoms with Crippen molar-refractivity contribution in [2.45, 2.75) is 19.1 Å². The van der Waals surface area contributed by atoms with Gasteiger partial charge in [-0.25, -0.2) is 4.79 Å². The van der Waals surface area contributed by atoms with Gasteiger partial charge in [-0.3, -0.25) is 9.59 Å². The van der Waals surface area contributed by atoms with E-state index in [1.165, 1.54) is 23.8 Å². The van der Waals surface area contributed by atoms with Gasteiger partial charge in [0.15, 0.2) is 0 Å². The highest BCUT2D eigenvalue weighted by molar-refractivity contribution is 7.99. The Labute approximate surface area is 150 Å². The molecular formula is C17H22N2O5S. The number of anilines is 1. The first-order valence-corrected chi connectivity index (χ1v) is 9.02. The van der Waals surface area contributed by atoms with E-state index < -0.39 is 11.4 Å². The first-order valence-electron chi connectivity index (χ1n) is 7.87. The molecule has 1 heterocycles. The smallest absolute Gasteiger partial charge is 0.321 e. The van der Waals surface area contributed by atoms with Gasteiger partial charge in [0.05, 0.1) is 18.3 Å². The third kappa shape index (κ3) is 5.12. The Kier molecular flexibility index (Phi) is 6.30. The van der Waals surface area contributed by atoms with Crippen molar-refractivity contribution in [2.24, 2.45) is 5.41 Å². The van der Waals surface area contributed by atoms with Gasteiger partial charge in [-0.15, -0.1) is 11.8 Å². The number of nitrogens with one attached hydrogen (secondary N) is 1. The fraction of sp³-hybridized carbons (Fsp3) is 0.471. The number of benzene rings is 1. The first-order chi connectivity index (χ1) is 11.8. The second-order valence-electron chi connectivity index (χ2n) is 6.24. The minimum Gasteiger partial charge on any atom is -0.481 e. The second-order valence-corrected chi connectivity index (χ2v) is 7.22. The average Bonchev–Trinajstić information content (AvgIpc) is 2.99. The molecule has 1 aromatic rings. The summed E-state index contributed by atoms with van der Waals surface area (Å²) in [4.78, 5) is 36.2. The molecule has 1 aliphatic heterocycles. The molecule has 7 nitrogen and oxygen atoms in total. The number of hydrogen-bond acceptors (Lipinski definition) is 5. The lowest BCUT2D eigenvalue weighted by molar-refractivity contribution is -0.147. The Morgan fingerprint density at radius 3 is 2.80 bits per heavy atom. The molecule has 1 saturated heterocycles. The number of likely N-dealkylation sites (tertiary alicyclic amines) is 1. The summed E-state index contributed by atoms with van der Waals surface area (Å²) in [5, 5.41) is 12.0. The van der Waals surface area contributed by atoms with Gasteiger partial charge in [0.1, 0.15) is 0 Å². The summed E-state index contributed by atoms with van der Waals surface area (Å²) in [5.41, 5.74) is 0.734. The van der Waals surface area contributed by atoms with E-state index in [9.17, 15) is 19.5 Å². The van der Waals surface area contributed by atoms with E-state index in [0.29, 0.717) is 24.4 Å². The largest absolute Gasteiger partial charge is 0.481 e. The summed E-state index contributed by atoms with van der Waals surface area (Å²) in [6.07, 6.45) is 0.444. The third-order valence-corrected chi connectivity index (χ3v) is 5.15. The molecule has 8 heteroatoms. The van der Waals surface area contributed by atoms with Crippen molar-refractivity contribution >= 4 is 35.4 Å². The maximum atomic E-state index is 12.3. The van der Waals surface area contributed by atoms with Crippen molar-refractivity contribution in [3.63, 3.8) is 0 Å². The average molecular weight is 366 g/mol. The third-order valence-electron chi connectivity index (χ3n) is 4.17. The Morgan fingerprint density at radius 2 is 2.16 bits per heavy atom. The van der Waals surface area contributed by atoms with Crippen molar-refractivity contribution < 1.29 is 24.2 Å². The van der Waals surface area contributed by atoms with Crippen LogP contribution in [-0.2, 0) is 20.1 Å². The van der Waals surface area contributed by atoms with Crippen LogP contribution in [0.4, 0.5) is 10.5 Å². The van der Waals surface area contributed by atoms with E-state index in [0.717, 1.165) is 5.56 Å². The molecule has 0 spiro atoms. The summed E-state index contributed by atoms with van der Waals surface area (Å²) >= 11 is 1.43. The van der Waals surface area contributed by atoms with Gasteiger partial charge in [-0.1, -0.05) is 12.1 Å². The Hall–Kier alpha value is -2.22. The molecule has 2 rings (SSSR count). The Balaban J connectivity index is 1.90. The molecule has 1 aromatic carbocycles. The number of aliphatic carboxylic acids is 1. The van der Waals surface area contributed by atoms with Crippen molar-refractivity contribution in [1.82, 2.24) is 4.90 Å². The second kappa shape index (κ2) is 8.24. The van der Waals surface area contributed by atoms with Crippen LogP contribution in [0.2, 0.25) is 0 Å². The lowest BCUT2D eigenvalue weighted by Crippen LogP contribution is -2.37. The summed E-state index contributed by atoms with van der Waals surface area (Å²) in [7, 11) is 1.35. The first kappa shape index (κ1) is 19.1. The molecule has 0 bridgehead atoms. The number of esters is 1. The van der Waals surface area contributed by atoms with Crippen molar-refractivity contribution in [3.05, 3.63) is 29.8 Å². The van der Waals surface area contributed by atoms with E-state index >= 15 is 0 Å². The number of thioether (sulfide) groups is 1. The van der Waals surface area contributed by atoms with Gasteiger partial charge in [0.25, 0.3) is 0 Å². The Morgan fingerprint density at radius 1 is 1.40 bits per heavy atom. The van der Waals surface area contributed by atoms with Crippen LogP contribution in [0.1, 0.15) is 18.9 Å². The number of carboxylic acids is 1. The maximum Gasteiger partial charge on any atom is 0.321 e. The zero-order chi connectivity index (χ0) is 18.4. The van der Waals surface area contributed by atoms with Crippen molar-refractivity contribution in [2.75, 3.05) is 31.3 Å². The molecule has 1 unspecified atom stereocenters. The number of nitrogens with zero attached hydrogens (tertiary/aromatic N) is 1. The molecule has 1 atom stereocenters. The van der Waals surface area contributed by atoms with Crippen LogP contribution in [0.25, 0.3) is 0 Å². The highest BCUT2D eigenvalue weighted by Gasteiger charge is 2.42. The fourth-order valence-electron chi connectivity index (χ4n) is 2.56. The number of amides is 2. The topological polar surface area (TPSA) is 95.9 Å². The Bertz CT molecular complexity index is 666. The van der Waals surface area contributed by atoms with Gasteiger partial charge in [0, 0.05) is 24.5 Å². The minimum atomic E-state index is -0.885. The quantitative estimate of drug-likeness (QED) is 0.751. The number of carboxylic acid groups (broad SMARTS) is 1. The van der Waals surface area contributed by atoms with E-state index in [4.69, 9.17) is 0 Å². The van der Waals surface area contributed by atoms with Gasteiger partial charge in [0.2, 0.25) is 0 Å². The lowest BCUT2D eigenvalue weighted by atomic mass is 9.90. The summed E-state index contributed by atoms with van der Waals surface area (Å²) in [6.45, 7) is 2.27. The molecule has 0 radical (unpaired) electrons. The molecule has 1 fully saturated rings. The SMILES string of the molecule is COC(=O)CSCc1cccc(NC(=O)N2CCC(C)(C(=O)O)C2)c1.